The SMILES string of the molecule is ClCc1cnc(Oc2cccc(I)c2)c(Cl)c1. The van der Waals surface area contributed by atoms with Crippen molar-refractivity contribution < 1.29 is 4.74 Å². The molecule has 0 saturated carbocycles. The van der Waals surface area contributed by atoms with Crippen LogP contribution >= 0.6 is 45.8 Å². The van der Waals surface area contributed by atoms with Crippen LogP contribution in [0.25, 0.3) is 0 Å². The van der Waals surface area contributed by atoms with Gasteiger partial charge in [0.25, 0.3) is 0 Å². The van der Waals surface area contributed by atoms with Crippen molar-refractivity contribution in [1.29, 1.82) is 0 Å². The largest absolute Gasteiger partial charge is 0.438 e. The van der Waals surface area contributed by atoms with Crippen LogP contribution in [0.3, 0.4) is 0 Å². The maximum Gasteiger partial charge on any atom is 0.238 e. The molecule has 0 N–H and O–H groups in total. The van der Waals surface area contributed by atoms with Gasteiger partial charge in [-0.25, -0.2) is 4.98 Å². The number of aromatic nitrogens is 1. The van der Waals surface area contributed by atoms with Gasteiger partial charge in [0.2, 0.25) is 5.88 Å². The Kier molecular flexibility index (Phi) is 4.48. The number of nitrogens with zero attached hydrogens (tertiary/aromatic N) is 1. The lowest BCUT2D eigenvalue weighted by Gasteiger charge is -2.07. The number of alkyl halides is 1. The van der Waals surface area contributed by atoms with Gasteiger partial charge < -0.3 is 4.74 Å². The van der Waals surface area contributed by atoms with Crippen molar-refractivity contribution in [2.45, 2.75) is 5.88 Å². The van der Waals surface area contributed by atoms with Gasteiger partial charge in [0.15, 0.2) is 0 Å². The molecule has 1 aromatic heterocycles. The number of halogens is 3. The fraction of sp³-hybridized carbons (Fsp3) is 0.0833. The molecule has 0 radical (unpaired) electrons. The van der Waals surface area contributed by atoms with Crippen LogP contribution in [0.1, 0.15) is 5.56 Å². The zero-order valence-electron chi connectivity index (χ0n) is 8.66. The third kappa shape index (κ3) is 3.47. The first-order chi connectivity index (χ1) is 8.19. The van der Waals surface area contributed by atoms with E-state index in [-0.39, 0.29) is 0 Å². The fourth-order valence-electron chi connectivity index (χ4n) is 1.26. The molecule has 17 heavy (non-hydrogen) atoms. The minimum absolute atomic E-state index is 0.385. The first-order valence-corrected chi connectivity index (χ1v) is 6.82. The van der Waals surface area contributed by atoms with Gasteiger partial charge in [0.05, 0.1) is 0 Å². The molecule has 88 valence electrons. The molecule has 0 unspecified atom stereocenters. The molecule has 2 nitrogen and oxygen atoms in total. The molecule has 0 fully saturated rings. The van der Waals surface area contributed by atoms with E-state index in [1.165, 1.54) is 0 Å². The highest BCUT2D eigenvalue weighted by Crippen LogP contribution is 2.28. The van der Waals surface area contributed by atoms with Crippen LogP contribution in [0.4, 0.5) is 0 Å². The van der Waals surface area contributed by atoms with Crippen LogP contribution in [0.15, 0.2) is 36.5 Å². The van der Waals surface area contributed by atoms with Gasteiger partial charge in [-0.1, -0.05) is 17.7 Å². The molecule has 0 bridgehead atoms. The summed E-state index contributed by atoms with van der Waals surface area (Å²) in [5.74, 6) is 1.49. The van der Waals surface area contributed by atoms with Crippen molar-refractivity contribution in [1.82, 2.24) is 4.98 Å². The Morgan fingerprint density at radius 3 is 2.76 bits per heavy atom. The third-order valence-electron chi connectivity index (χ3n) is 2.03. The van der Waals surface area contributed by atoms with Gasteiger partial charge in [-0.2, -0.15) is 0 Å². The van der Waals surface area contributed by atoms with Crippen molar-refractivity contribution in [3.05, 3.63) is 50.7 Å². The van der Waals surface area contributed by atoms with Crippen LogP contribution in [0, 0.1) is 3.57 Å². The molecule has 2 aromatic rings. The van der Waals surface area contributed by atoms with Gasteiger partial charge in [-0.3, -0.25) is 0 Å². The Balaban J connectivity index is 2.24. The first kappa shape index (κ1) is 12.9. The van der Waals surface area contributed by atoms with E-state index in [0.29, 0.717) is 22.5 Å². The molecule has 1 heterocycles. The van der Waals surface area contributed by atoms with Crippen molar-refractivity contribution in [3.8, 4) is 11.6 Å². The topological polar surface area (TPSA) is 22.1 Å². The average Bonchev–Trinajstić information content (AvgIpc) is 2.32. The lowest BCUT2D eigenvalue weighted by molar-refractivity contribution is 0.462. The van der Waals surface area contributed by atoms with Gasteiger partial charge in [-0.05, 0) is 52.4 Å². The lowest BCUT2D eigenvalue weighted by atomic mass is 10.3. The number of rotatable bonds is 3. The minimum atomic E-state index is 0.385. The highest BCUT2D eigenvalue weighted by molar-refractivity contribution is 14.1. The van der Waals surface area contributed by atoms with Crippen LogP contribution in [-0.4, -0.2) is 4.98 Å². The van der Waals surface area contributed by atoms with E-state index < -0.39 is 0 Å². The zero-order chi connectivity index (χ0) is 12.3. The van der Waals surface area contributed by atoms with Crippen molar-refractivity contribution in [2.24, 2.45) is 0 Å². The normalized spacial score (nSPS) is 10.3. The summed E-state index contributed by atoms with van der Waals surface area (Å²) in [6.45, 7) is 0. The summed E-state index contributed by atoms with van der Waals surface area (Å²) in [6, 6.07) is 9.42. The first-order valence-electron chi connectivity index (χ1n) is 4.83. The Labute approximate surface area is 123 Å². The fourth-order valence-corrected chi connectivity index (χ4v) is 2.14. The second-order valence-corrected chi connectivity index (χ2v) is 5.24. The van der Waals surface area contributed by atoms with Gasteiger partial charge in [0, 0.05) is 15.6 Å². The summed E-state index contributed by atoms with van der Waals surface area (Å²) in [6.07, 6.45) is 1.65. The van der Waals surface area contributed by atoms with Crippen LogP contribution in [0.2, 0.25) is 5.02 Å². The van der Waals surface area contributed by atoms with Gasteiger partial charge >= 0.3 is 0 Å². The predicted octanol–water partition coefficient (Wildman–Crippen LogP) is 4.87. The van der Waals surface area contributed by atoms with E-state index >= 15 is 0 Å². The van der Waals surface area contributed by atoms with E-state index in [0.717, 1.165) is 9.13 Å². The lowest BCUT2D eigenvalue weighted by Crippen LogP contribution is -1.91. The summed E-state index contributed by atoms with van der Waals surface area (Å²) >= 11 is 14.0. The molecule has 0 saturated heterocycles. The van der Waals surface area contributed by atoms with E-state index in [4.69, 9.17) is 27.9 Å². The summed E-state index contributed by atoms with van der Waals surface area (Å²) < 4.78 is 6.69. The van der Waals surface area contributed by atoms with E-state index in [2.05, 4.69) is 27.6 Å². The predicted molar refractivity (Wildman–Crippen MR) is 78.0 cm³/mol. The van der Waals surface area contributed by atoms with Crippen LogP contribution < -0.4 is 4.74 Å². The smallest absolute Gasteiger partial charge is 0.238 e. The van der Waals surface area contributed by atoms with E-state index in [1.54, 1.807) is 12.3 Å². The molecule has 0 atom stereocenters. The minimum Gasteiger partial charge on any atom is -0.438 e. The highest BCUT2D eigenvalue weighted by Gasteiger charge is 2.06. The maximum atomic E-state index is 6.05. The molecule has 0 aliphatic carbocycles. The number of hydrogen-bond donors (Lipinski definition) is 0. The summed E-state index contributed by atoms with van der Waals surface area (Å²) in [7, 11) is 0. The zero-order valence-corrected chi connectivity index (χ0v) is 12.3. The summed E-state index contributed by atoms with van der Waals surface area (Å²) in [5, 5.41) is 0.460. The molecular weight excluding hydrogens is 372 g/mol. The number of pyridine rings is 1. The Morgan fingerprint density at radius 1 is 1.29 bits per heavy atom. The molecular formula is C12H8Cl2INO. The second-order valence-electron chi connectivity index (χ2n) is 3.32. The summed E-state index contributed by atoms with van der Waals surface area (Å²) in [4.78, 5) is 4.13. The Bertz CT molecular complexity index is 534. The molecule has 0 aliphatic heterocycles. The standard InChI is InChI=1S/C12H8Cl2INO/c13-6-8-4-11(14)12(16-7-8)17-10-3-1-2-9(15)5-10/h1-5,7H,6H2. The maximum absolute atomic E-state index is 6.05. The van der Waals surface area contributed by atoms with Gasteiger partial charge in [0.1, 0.15) is 10.8 Å². The quantitative estimate of drug-likeness (QED) is 0.560. The van der Waals surface area contributed by atoms with Crippen molar-refractivity contribution in [3.63, 3.8) is 0 Å². The van der Waals surface area contributed by atoms with Crippen molar-refractivity contribution >= 4 is 45.8 Å². The molecule has 1 aromatic carbocycles. The van der Waals surface area contributed by atoms with Crippen LogP contribution in [-0.2, 0) is 5.88 Å². The van der Waals surface area contributed by atoms with Crippen LogP contribution in [0.5, 0.6) is 11.6 Å². The summed E-state index contributed by atoms with van der Waals surface area (Å²) in [5.41, 5.74) is 0.867. The molecule has 2 rings (SSSR count). The van der Waals surface area contributed by atoms with E-state index in [9.17, 15) is 0 Å². The number of ether oxygens (including phenoxy) is 1. The molecule has 0 amide bonds. The Hall–Kier alpha value is -0.520. The number of hydrogen-bond acceptors (Lipinski definition) is 2. The average molecular weight is 380 g/mol. The second kappa shape index (κ2) is 5.89. The van der Waals surface area contributed by atoms with Crippen molar-refractivity contribution in [2.75, 3.05) is 0 Å². The molecule has 0 aliphatic rings. The molecule has 0 spiro atoms. The van der Waals surface area contributed by atoms with Gasteiger partial charge in [-0.15, -0.1) is 11.6 Å². The third-order valence-corrected chi connectivity index (χ3v) is 3.28. The van der Waals surface area contributed by atoms with E-state index in [1.807, 2.05) is 24.3 Å². The highest BCUT2D eigenvalue weighted by atomic mass is 127. The molecule has 5 heteroatoms. The monoisotopic (exact) mass is 379 g/mol. The Morgan fingerprint density at radius 2 is 2.12 bits per heavy atom. The number of benzene rings is 1.